The first kappa shape index (κ1) is 13.3. The van der Waals surface area contributed by atoms with Gasteiger partial charge in [0, 0.05) is 19.1 Å². The van der Waals surface area contributed by atoms with Crippen LogP contribution in [0.2, 0.25) is 0 Å². The Kier molecular flexibility index (Phi) is 4.42. The van der Waals surface area contributed by atoms with Crippen molar-refractivity contribution in [3.63, 3.8) is 0 Å². The van der Waals surface area contributed by atoms with Crippen molar-refractivity contribution in [1.82, 2.24) is 5.32 Å². The van der Waals surface area contributed by atoms with E-state index in [0.717, 1.165) is 6.54 Å². The molecule has 17 heavy (non-hydrogen) atoms. The highest BCUT2D eigenvalue weighted by Gasteiger charge is 2.19. The van der Waals surface area contributed by atoms with Crippen LogP contribution in [0.25, 0.3) is 0 Å². The Balaban J connectivity index is 2.39. The number of hydrogen-bond donors (Lipinski definition) is 1. The fourth-order valence-electron chi connectivity index (χ4n) is 1.78. The van der Waals surface area contributed by atoms with E-state index in [1.165, 1.54) is 24.7 Å². The van der Waals surface area contributed by atoms with E-state index in [9.17, 15) is 0 Å². The van der Waals surface area contributed by atoms with E-state index in [-0.39, 0.29) is 0 Å². The van der Waals surface area contributed by atoms with Crippen molar-refractivity contribution in [3.8, 4) is 0 Å². The third-order valence-electron chi connectivity index (χ3n) is 2.78. The van der Waals surface area contributed by atoms with Gasteiger partial charge in [0.05, 0.1) is 6.04 Å². The molecule has 2 aromatic heterocycles. The maximum absolute atomic E-state index is 3.63. The average molecular weight is 330 g/mol. The zero-order chi connectivity index (χ0) is 12.4. The second kappa shape index (κ2) is 5.65. The molecule has 0 saturated carbocycles. The van der Waals surface area contributed by atoms with Gasteiger partial charge in [-0.25, -0.2) is 0 Å². The molecule has 0 aliphatic carbocycles. The van der Waals surface area contributed by atoms with Gasteiger partial charge in [0.1, 0.15) is 0 Å². The monoisotopic (exact) mass is 329 g/mol. The van der Waals surface area contributed by atoms with E-state index in [4.69, 9.17) is 0 Å². The third kappa shape index (κ3) is 2.81. The maximum atomic E-state index is 3.63. The minimum atomic E-state index is 0.326. The first-order chi connectivity index (χ1) is 8.13. The molecule has 92 valence electrons. The van der Waals surface area contributed by atoms with Crippen LogP contribution in [-0.2, 0) is 0 Å². The highest BCUT2D eigenvalue weighted by atomic mass is 79.9. The summed E-state index contributed by atoms with van der Waals surface area (Å²) >= 11 is 7.33. The normalized spacial score (nSPS) is 12.9. The molecule has 0 fully saturated rings. The van der Waals surface area contributed by atoms with Gasteiger partial charge in [0.25, 0.3) is 0 Å². The highest BCUT2D eigenvalue weighted by Crippen LogP contribution is 2.36. The van der Waals surface area contributed by atoms with Crippen molar-refractivity contribution in [3.05, 3.63) is 42.2 Å². The molecule has 0 radical (unpaired) electrons. The minimum absolute atomic E-state index is 0.326. The smallest absolute Gasteiger partial charge is 0.0776 e. The van der Waals surface area contributed by atoms with Gasteiger partial charge in [-0.2, -0.15) is 0 Å². The molecule has 0 amide bonds. The molecule has 4 heteroatoms. The Morgan fingerprint density at radius 3 is 2.65 bits per heavy atom. The lowest BCUT2D eigenvalue weighted by atomic mass is 10.1. The molecule has 2 heterocycles. The fourth-order valence-corrected chi connectivity index (χ4v) is 4.68. The second-order valence-corrected chi connectivity index (χ2v) is 7.10. The van der Waals surface area contributed by atoms with Gasteiger partial charge < -0.3 is 5.32 Å². The predicted octanol–water partition coefficient (Wildman–Crippen LogP) is 4.89. The molecule has 2 rings (SSSR count). The summed E-state index contributed by atoms with van der Waals surface area (Å²) in [6.07, 6.45) is 0. The van der Waals surface area contributed by atoms with E-state index in [1.807, 2.05) is 11.3 Å². The highest BCUT2D eigenvalue weighted by molar-refractivity contribution is 9.10. The number of hydrogen-bond acceptors (Lipinski definition) is 3. The van der Waals surface area contributed by atoms with Crippen LogP contribution in [0.3, 0.4) is 0 Å². The molecule has 0 bridgehead atoms. The van der Waals surface area contributed by atoms with Crippen LogP contribution < -0.4 is 5.32 Å². The number of nitrogens with one attached hydrogen (secondary N) is 1. The molecule has 1 N–H and O–H groups in total. The van der Waals surface area contributed by atoms with E-state index in [1.54, 1.807) is 11.3 Å². The van der Waals surface area contributed by atoms with E-state index >= 15 is 0 Å². The molecule has 1 nitrogen and oxygen atoms in total. The van der Waals surface area contributed by atoms with Crippen LogP contribution in [0, 0.1) is 13.8 Å². The Morgan fingerprint density at radius 2 is 2.18 bits per heavy atom. The quantitative estimate of drug-likeness (QED) is 0.842. The summed E-state index contributed by atoms with van der Waals surface area (Å²) in [6, 6.07) is 4.75. The molecule has 0 aliphatic heterocycles. The van der Waals surface area contributed by atoms with E-state index in [0.29, 0.717) is 6.04 Å². The summed E-state index contributed by atoms with van der Waals surface area (Å²) in [5.41, 5.74) is 1.39. The largest absolute Gasteiger partial charge is 0.305 e. The second-order valence-electron chi connectivity index (χ2n) is 4.01. The van der Waals surface area contributed by atoms with Crippen molar-refractivity contribution >= 4 is 38.6 Å². The number of aryl methyl sites for hydroxylation is 2. The van der Waals surface area contributed by atoms with Crippen molar-refractivity contribution in [1.29, 1.82) is 0 Å². The lowest BCUT2D eigenvalue weighted by molar-refractivity contribution is 0.647. The Bertz CT molecular complexity index is 482. The van der Waals surface area contributed by atoms with Crippen LogP contribution >= 0.6 is 38.6 Å². The van der Waals surface area contributed by atoms with Gasteiger partial charge in [-0.15, -0.1) is 22.7 Å². The maximum Gasteiger partial charge on any atom is 0.0776 e. The third-order valence-corrected chi connectivity index (χ3v) is 5.94. The van der Waals surface area contributed by atoms with Gasteiger partial charge in [-0.05, 0) is 59.4 Å². The summed E-state index contributed by atoms with van der Waals surface area (Å²) in [6.45, 7) is 7.50. The van der Waals surface area contributed by atoms with Gasteiger partial charge in [-0.1, -0.05) is 6.92 Å². The van der Waals surface area contributed by atoms with Crippen LogP contribution in [0.5, 0.6) is 0 Å². The fraction of sp³-hybridized carbons (Fsp3) is 0.385. The zero-order valence-electron chi connectivity index (χ0n) is 10.2. The molecule has 1 atom stereocenters. The van der Waals surface area contributed by atoms with Gasteiger partial charge in [0.15, 0.2) is 0 Å². The van der Waals surface area contributed by atoms with E-state index < -0.39 is 0 Å². The average Bonchev–Trinajstić information content (AvgIpc) is 2.83. The SMILES string of the molecule is CCNC(c1cc(C)c(C)s1)c1sccc1Br. The summed E-state index contributed by atoms with van der Waals surface area (Å²) in [7, 11) is 0. The topological polar surface area (TPSA) is 12.0 Å². The van der Waals surface area contributed by atoms with Crippen molar-refractivity contribution in [2.45, 2.75) is 26.8 Å². The summed E-state index contributed by atoms with van der Waals surface area (Å²) < 4.78 is 1.21. The Morgan fingerprint density at radius 1 is 1.41 bits per heavy atom. The van der Waals surface area contributed by atoms with Crippen molar-refractivity contribution < 1.29 is 0 Å². The summed E-state index contributed by atoms with van der Waals surface area (Å²) in [4.78, 5) is 4.19. The molecule has 2 aromatic rings. The standard InChI is InChI=1S/C13H16BrNS2/c1-4-15-12(13-10(14)5-6-16-13)11-7-8(2)9(3)17-11/h5-7,12,15H,4H2,1-3H3. The van der Waals surface area contributed by atoms with Crippen LogP contribution in [0.15, 0.2) is 22.0 Å². The van der Waals surface area contributed by atoms with Gasteiger partial charge >= 0.3 is 0 Å². The number of thiophene rings is 2. The number of halogens is 1. The van der Waals surface area contributed by atoms with Crippen molar-refractivity contribution in [2.75, 3.05) is 6.54 Å². The van der Waals surface area contributed by atoms with Crippen LogP contribution in [-0.4, -0.2) is 6.54 Å². The summed E-state index contributed by atoms with van der Waals surface area (Å²) in [5, 5.41) is 5.71. The predicted molar refractivity (Wildman–Crippen MR) is 81.3 cm³/mol. The lowest BCUT2D eigenvalue weighted by Gasteiger charge is -2.15. The Labute approximate surface area is 119 Å². The molecular formula is C13H16BrNS2. The van der Waals surface area contributed by atoms with E-state index in [2.05, 4.69) is 59.5 Å². The number of rotatable bonds is 4. The minimum Gasteiger partial charge on any atom is -0.305 e. The Hall–Kier alpha value is -0.160. The first-order valence-electron chi connectivity index (χ1n) is 5.66. The molecule has 0 aliphatic rings. The zero-order valence-corrected chi connectivity index (χ0v) is 13.4. The summed E-state index contributed by atoms with van der Waals surface area (Å²) in [5.74, 6) is 0. The van der Waals surface area contributed by atoms with Crippen molar-refractivity contribution in [2.24, 2.45) is 0 Å². The van der Waals surface area contributed by atoms with Crippen LogP contribution in [0.4, 0.5) is 0 Å². The molecule has 1 unspecified atom stereocenters. The van der Waals surface area contributed by atoms with Gasteiger partial charge in [-0.3, -0.25) is 0 Å². The lowest BCUT2D eigenvalue weighted by Crippen LogP contribution is -2.20. The molecule has 0 saturated heterocycles. The molecule has 0 spiro atoms. The molecule has 0 aromatic carbocycles. The molecular weight excluding hydrogens is 314 g/mol. The first-order valence-corrected chi connectivity index (χ1v) is 8.15. The van der Waals surface area contributed by atoms with Gasteiger partial charge in [0.2, 0.25) is 0 Å². The van der Waals surface area contributed by atoms with Crippen LogP contribution in [0.1, 0.15) is 33.2 Å².